The zero-order chi connectivity index (χ0) is 9.42. The number of rotatable bonds is 1. The standard InChI is InChI=1S/C9H9FN2O/c1-6-8(5-13)12-4-2-3-7(10)9(12)11-6/h2-4,13H,5H2,1H3. The van der Waals surface area contributed by atoms with Gasteiger partial charge in [0.25, 0.3) is 0 Å². The van der Waals surface area contributed by atoms with Gasteiger partial charge < -0.3 is 5.11 Å². The van der Waals surface area contributed by atoms with E-state index in [1.54, 1.807) is 23.6 Å². The van der Waals surface area contributed by atoms with Gasteiger partial charge in [-0.2, -0.15) is 0 Å². The molecular formula is C9H9FN2O. The number of aliphatic hydroxyl groups is 1. The molecule has 0 amide bonds. The van der Waals surface area contributed by atoms with Crippen LogP contribution in [0.1, 0.15) is 11.4 Å². The quantitative estimate of drug-likeness (QED) is 0.717. The number of aromatic nitrogens is 2. The van der Waals surface area contributed by atoms with Gasteiger partial charge in [-0.1, -0.05) is 0 Å². The summed E-state index contributed by atoms with van der Waals surface area (Å²) in [6.07, 6.45) is 1.68. The van der Waals surface area contributed by atoms with E-state index in [9.17, 15) is 4.39 Å². The van der Waals surface area contributed by atoms with Crippen molar-refractivity contribution in [1.29, 1.82) is 0 Å². The van der Waals surface area contributed by atoms with Crippen LogP contribution in [0.3, 0.4) is 0 Å². The number of imidazole rings is 1. The second-order valence-corrected chi connectivity index (χ2v) is 2.85. The van der Waals surface area contributed by atoms with Crippen molar-refractivity contribution >= 4 is 5.65 Å². The minimum atomic E-state index is -0.370. The van der Waals surface area contributed by atoms with Gasteiger partial charge in [0.2, 0.25) is 0 Å². The molecule has 13 heavy (non-hydrogen) atoms. The highest BCUT2D eigenvalue weighted by atomic mass is 19.1. The molecule has 0 bridgehead atoms. The number of hydrogen-bond acceptors (Lipinski definition) is 2. The lowest BCUT2D eigenvalue weighted by Gasteiger charge is -1.97. The number of pyridine rings is 1. The van der Waals surface area contributed by atoms with Crippen molar-refractivity contribution in [2.75, 3.05) is 0 Å². The van der Waals surface area contributed by atoms with Crippen LogP contribution in [-0.4, -0.2) is 14.5 Å². The van der Waals surface area contributed by atoms with E-state index in [4.69, 9.17) is 5.11 Å². The third kappa shape index (κ3) is 1.10. The van der Waals surface area contributed by atoms with E-state index < -0.39 is 0 Å². The molecule has 1 N–H and O–H groups in total. The summed E-state index contributed by atoms with van der Waals surface area (Å²) in [5.74, 6) is -0.370. The first-order valence-corrected chi connectivity index (χ1v) is 3.97. The van der Waals surface area contributed by atoms with E-state index >= 15 is 0 Å². The molecule has 0 spiro atoms. The molecule has 0 unspecified atom stereocenters. The van der Waals surface area contributed by atoms with Crippen LogP contribution in [0, 0.1) is 12.7 Å². The summed E-state index contributed by atoms with van der Waals surface area (Å²) >= 11 is 0. The summed E-state index contributed by atoms with van der Waals surface area (Å²) in [6, 6.07) is 2.94. The second-order valence-electron chi connectivity index (χ2n) is 2.85. The average molecular weight is 180 g/mol. The van der Waals surface area contributed by atoms with E-state index in [-0.39, 0.29) is 18.1 Å². The first kappa shape index (κ1) is 8.19. The Kier molecular flexibility index (Phi) is 1.77. The van der Waals surface area contributed by atoms with Crippen LogP contribution in [0.25, 0.3) is 5.65 Å². The number of hydrogen-bond donors (Lipinski definition) is 1. The third-order valence-corrected chi connectivity index (χ3v) is 2.05. The van der Waals surface area contributed by atoms with Crippen molar-refractivity contribution in [3.05, 3.63) is 35.5 Å². The molecule has 0 aliphatic carbocycles. The minimum Gasteiger partial charge on any atom is -0.390 e. The number of nitrogens with zero attached hydrogens (tertiary/aromatic N) is 2. The summed E-state index contributed by atoms with van der Waals surface area (Å²) in [5, 5.41) is 9.01. The average Bonchev–Trinajstić information content (AvgIpc) is 2.43. The van der Waals surface area contributed by atoms with Gasteiger partial charge in [-0.3, -0.25) is 4.40 Å². The van der Waals surface area contributed by atoms with Crippen LogP contribution < -0.4 is 0 Å². The minimum absolute atomic E-state index is 0.129. The molecule has 4 heteroatoms. The highest BCUT2D eigenvalue weighted by molar-refractivity contribution is 5.44. The Morgan fingerprint density at radius 2 is 2.38 bits per heavy atom. The maximum absolute atomic E-state index is 13.2. The smallest absolute Gasteiger partial charge is 0.173 e. The third-order valence-electron chi connectivity index (χ3n) is 2.05. The zero-order valence-electron chi connectivity index (χ0n) is 7.16. The maximum Gasteiger partial charge on any atom is 0.173 e. The fraction of sp³-hybridized carbons (Fsp3) is 0.222. The molecular weight excluding hydrogens is 171 g/mol. The van der Waals surface area contributed by atoms with Gasteiger partial charge in [-0.15, -0.1) is 0 Å². The van der Waals surface area contributed by atoms with Crippen LogP contribution in [0.4, 0.5) is 4.39 Å². The molecule has 2 heterocycles. The molecule has 2 rings (SSSR count). The highest BCUT2D eigenvalue weighted by Gasteiger charge is 2.09. The fourth-order valence-electron chi connectivity index (χ4n) is 1.39. The SMILES string of the molecule is Cc1nc2c(F)cccn2c1CO. The molecule has 0 saturated carbocycles. The van der Waals surface area contributed by atoms with Crippen LogP contribution in [0.5, 0.6) is 0 Å². The van der Waals surface area contributed by atoms with Crippen LogP contribution in [0.2, 0.25) is 0 Å². The van der Waals surface area contributed by atoms with Crippen molar-refractivity contribution in [3.63, 3.8) is 0 Å². The van der Waals surface area contributed by atoms with Gasteiger partial charge in [0.1, 0.15) is 0 Å². The molecule has 0 aromatic carbocycles. The van der Waals surface area contributed by atoms with Gasteiger partial charge >= 0.3 is 0 Å². The van der Waals surface area contributed by atoms with Gasteiger partial charge in [0.15, 0.2) is 11.5 Å². The first-order valence-electron chi connectivity index (χ1n) is 3.97. The fourth-order valence-corrected chi connectivity index (χ4v) is 1.39. The molecule has 0 aliphatic rings. The first-order chi connectivity index (χ1) is 6.24. The molecule has 2 aromatic heterocycles. The zero-order valence-corrected chi connectivity index (χ0v) is 7.16. The normalized spacial score (nSPS) is 11.0. The van der Waals surface area contributed by atoms with E-state index in [1.807, 2.05) is 0 Å². The van der Waals surface area contributed by atoms with E-state index in [0.717, 1.165) is 0 Å². The van der Waals surface area contributed by atoms with Crippen molar-refractivity contribution in [1.82, 2.24) is 9.38 Å². The lowest BCUT2D eigenvalue weighted by atomic mass is 10.3. The Morgan fingerprint density at radius 3 is 3.08 bits per heavy atom. The summed E-state index contributed by atoms with van der Waals surface area (Å²) in [5.41, 5.74) is 1.56. The summed E-state index contributed by atoms with van der Waals surface area (Å²) < 4.78 is 14.7. The van der Waals surface area contributed by atoms with Crippen LogP contribution in [-0.2, 0) is 6.61 Å². The topological polar surface area (TPSA) is 37.5 Å². The molecule has 0 aliphatic heterocycles. The van der Waals surface area contributed by atoms with Gasteiger partial charge in [0, 0.05) is 6.20 Å². The monoisotopic (exact) mass is 180 g/mol. The number of aliphatic hydroxyl groups excluding tert-OH is 1. The maximum atomic E-state index is 13.2. The molecule has 0 fully saturated rings. The summed E-state index contributed by atoms with van der Waals surface area (Å²) in [4.78, 5) is 4.01. The Labute approximate surface area is 74.5 Å². The molecule has 3 nitrogen and oxygen atoms in total. The predicted molar refractivity (Wildman–Crippen MR) is 45.8 cm³/mol. The lowest BCUT2D eigenvalue weighted by Crippen LogP contribution is -1.94. The molecule has 0 saturated heterocycles. The molecule has 68 valence electrons. The van der Waals surface area contributed by atoms with Crippen LogP contribution >= 0.6 is 0 Å². The number of halogens is 1. The van der Waals surface area contributed by atoms with Gasteiger partial charge in [-0.25, -0.2) is 9.37 Å². The Morgan fingerprint density at radius 1 is 1.62 bits per heavy atom. The van der Waals surface area contributed by atoms with Gasteiger partial charge in [-0.05, 0) is 19.1 Å². The second kappa shape index (κ2) is 2.81. The lowest BCUT2D eigenvalue weighted by molar-refractivity contribution is 0.275. The molecule has 0 atom stereocenters. The Hall–Kier alpha value is -1.42. The largest absolute Gasteiger partial charge is 0.390 e. The van der Waals surface area contributed by atoms with E-state index in [0.29, 0.717) is 11.4 Å². The van der Waals surface area contributed by atoms with Crippen molar-refractivity contribution < 1.29 is 9.50 Å². The molecule has 0 radical (unpaired) electrons. The molecule has 2 aromatic rings. The van der Waals surface area contributed by atoms with E-state index in [2.05, 4.69) is 4.98 Å². The van der Waals surface area contributed by atoms with Crippen LogP contribution in [0.15, 0.2) is 18.3 Å². The summed E-state index contributed by atoms with van der Waals surface area (Å²) in [7, 11) is 0. The van der Waals surface area contributed by atoms with E-state index in [1.165, 1.54) is 6.07 Å². The van der Waals surface area contributed by atoms with Gasteiger partial charge in [0.05, 0.1) is 18.0 Å². The Balaban J connectivity index is 2.86. The van der Waals surface area contributed by atoms with Crippen molar-refractivity contribution in [2.24, 2.45) is 0 Å². The highest BCUT2D eigenvalue weighted by Crippen LogP contribution is 2.14. The van der Waals surface area contributed by atoms with Crippen molar-refractivity contribution in [2.45, 2.75) is 13.5 Å². The predicted octanol–water partition coefficient (Wildman–Crippen LogP) is 1.27. The van der Waals surface area contributed by atoms with Crippen molar-refractivity contribution in [3.8, 4) is 0 Å². The summed E-state index contributed by atoms with van der Waals surface area (Å²) in [6.45, 7) is 1.62. The number of aryl methyl sites for hydroxylation is 1. The number of fused-ring (bicyclic) bond motifs is 1. The Bertz CT molecular complexity index is 450.